The number of fused-ring (bicyclic) bond motifs is 3. The molecule has 0 aliphatic rings. The molecule has 0 saturated heterocycles. The summed E-state index contributed by atoms with van der Waals surface area (Å²) in [6.45, 7) is -3.08. The van der Waals surface area contributed by atoms with Crippen LogP contribution < -0.4 is 0 Å². The van der Waals surface area contributed by atoms with Crippen molar-refractivity contribution >= 4 is 32.6 Å². The van der Waals surface area contributed by atoms with Gasteiger partial charge in [0.2, 0.25) is 0 Å². The van der Waals surface area contributed by atoms with Crippen LogP contribution in [0.15, 0.2) is 151 Å². The minimum atomic E-state index is -3.08. The fourth-order valence-electron chi connectivity index (χ4n) is 5.59. The Kier molecular flexibility index (Phi) is 3.10. The molecular weight excluding hydrogens is 520 g/mol. The van der Waals surface area contributed by atoms with E-state index >= 15 is 0 Å². The van der Waals surface area contributed by atoms with Crippen LogP contribution in [0.2, 0.25) is 0 Å². The Labute approximate surface area is 276 Å². The van der Waals surface area contributed by atoms with Crippen molar-refractivity contribution in [3.8, 4) is 39.1 Å². The summed E-state index contributed by atoms with van der Waals surface area (Å²) in [5.41, 5.74) is 1.47. The fourth-order valence-corrected chi connectivity index (χ4v) is 5.59. The number of hydrogen-bond donors (Lipinski definition) is 0. The molecule has 204 valence electrons. The molecule has 8 aromatic rings. The first kappa shape index (κ1) is 12.8. The van der Waals surface area contributed by atoms with E-state index in [2.05, 4.69) is 4.98 Å². The second-order valence-corrected chi connectivity index (χ2v) is 9.77. The molecule has 2 nitrogen and oxygen atoms in total. The summed E-state index contributed by atoms with van der Waals surface area (Å²) in [7, 11) is 0. The number of benzene rings is 7. The molecule has 0 saturated carbocycles. The van der Waals surface area contributed by atoms with E-state index in [9.17, 15) is 5.48 Å². The molecule has 0 fully saturated rings. The van der Waals surface area contributed by atoms with E-state index in [1.165, 1.54) is 4.57 Å². The van der Waals surface area contributed by atoms with Crippen LogP contribution in [-0.2, 0) is 6.37 Å². The van der Waals surface area contributed by atoms with E-state index in [0.29, 0.717) is 27.8 Å². The Morgan fingerprint density at radius 2 is 1.19 bits per heavy atom. The van der Waals surface area contributed by atoms with Gasteiger partial charge in [-0.1, -0.05) is 128 Å². The molecule has 0 aliphatic carbocycles. The number of rotatable bonds is 5. The molecule has 0 radical (unpaired) electrons. The predicted octanol–water partition coefficient (Wildman–Crippen LogP) is 10.9. The van der Waals surface area contributed by atoms with Gasteiger partial charge >= 0.3 is 0 Å². The van der Waals surface area contributed by atoms with Crippen molar-refractivity contribution < 1.29 is 24.7 Å². The molecule has 0 atom stereocenters. The van der Waals surface area contributed by atoms with Crippen LogP contribution in [-0.4, -0.2) is 9.55 Å². The summed E-state index contributed by atoms with van der Waals surface area (Å²) in [4.78, 5) is 4.40. The van der Waals surface area contributed by atoms with Crippen LogP contribution in [0.3, 0.4) is 0 Å². The third-order valence-corrected chi connectivity index (χ3v) is 7.39. The normalized spacial score (nSPS) is 18.0. The average molecular weight is 569 g/mol. The minimum absolute atomic E-state index is 0.0353. The highest BCUT2D eigenvalue weighted by Gasteiger charge is 2.17. The highest BCUT2D eigenvalue weighted by Crippen LogP contribution is 2.44. The lowest BCUT2D eigenvalue weighted by molar-refractivity contribution is 0.908. The van der Waals surface area contributed by atoms with Crippen LogP contribution in [0, 0.1) is 0 Å². The molecule has 2 heteroatoms. The summed E-state index contributed by atoms with van der Waals surface area (Å²) in [5, 5.41) is -1.10. The van der Waals surface area contributed by atoms with Gasteiger partial charge in [0.15, 0.2) is 0 Å². The van der Waals surface area contributed by atoms with E-state index in [0.717, 1.165) is 0 Å². The molecule has 0 aliphatic heterocycles. The van der Waals surface area contributed by atoms with Gasteiger partial charge in [0.25, 0.3) is 0 Å². The molecular formula is C41H30N2. The smallest absolute Gasteiger partial charge is 0.114 e. The average Bonchev–Trinajstić information content (AvgIpc) is 3.64. The summed E-state index contributed by atoms with van der Waals surface area (Å²) < 4.78 is 157. The third kappa shape index (κ3) is 4.23. The summed E-state index contributed by atoms with van der Waals surface area (Å²) in [6.07, 6.45) is -2.87. The van der Waals surface area contributed by atoms with Crippen molar-refractivity contribution in [3.05, 3.63) is 157 Å². The summed E-state index contributed by atoms with van der Waals surface area (Å²) in [6, 6.07) is 10.9. The van der Waals surface area contributed by atoms with E-state index in [-0.39, 0.29) is 44.1 Å². The monoisotopic (exact) mass is 568 g/mol. The Hall–Kier alpha value is -5.47. The first-order valence-corrected chi connectivity index (χ1v) is 13.3. The molecule has 7 aromatic carbocycles. The van der Waals surface area contributed by atoms with Gasteiger partial charge in [-0.2, -0.15) is 0 Å². The number of aryl methyl sites for hydroxylation is 1. The largest absolute Gasteiger partial charge is 0.296 e. The molecule has 0 bridgehead atoms. The van der Waals surface area contributed by atoms with Crippen molar-refractivity contribution in [2.45, 2.75) is 13.2 Å². The molecule has 8 rings (SSSR count). The zero-order chi connectivity index (χ0) is 44.4. The van der Waals surface area contributed by atoms with Gasteiger partial charge < -0.3 is 0 Å². The standard InChI is InChI=1S/C41H30N2/c1-2-39-42-37-24-10-11-25-38(37)43(39)32-19-13-17-30(27-32)29-16-12-18-31(26-29)41-35-22-8-6-20-33(35)40(28-14-4-3-5-15-28)34-21-7-9-23-36(34)41/h3-27H,2H2,1H3/i1D3,2D2,3D,4D,5D,6D,7D,8D,9D,14D,15D,20D,21D,22D,23D. The zero-order valence-corrected chi connectivity index (χ0v) is 22.3. The fraction of sp³-hybridized carbons (Fsp3) is 0.0488. The lowest BCUT2D eigenvalue weighted by Crippen LogP contribution is -2.00. The minimum Gasteiger partial charge on any atom is -0.296 e. The first-order valence-electron chi connectivity index (χ1n) is 22.3. The van der Waals surface area contributed by atoms with Crippen molar-refractivity contribution in [2.24, 2.45) is 0 Å². The second kappa shape index (κ2) is 10.4. The Bertz CT molecular complexity index is 3100. The molecule has 43 heavy (non-hydrogen) atoms. The number of nitrogens with zero attached hydrogens (tertiary/aromatic N) is 2. The van der Waals surface area contributed by atoms with Crippen molar-refractivity contribution in [2.75, 3.05) is 0 Å². The maximum atomic E-state index is 9.24. The summed E-state index contributed by atoms with van der Waals surface area (Å²) in [5.74, 6) is -0.347. The van der Waals surface area contributed by atoms with Crippen LogP contribution in [0.4, 0.5) is 0 Å². The van der Waals surface area contributed by atoms with Crippen LogP contribution in [0.1, 0.15) is 37.3 Å². The van der Waals surface area contributed by atoms with Crippen LogP contribution in [0.5, 0.6) is 0 Å². The van der Waals surface area contributed by atoms with Crippen molar-refractivity contribution in [3.63, 3.8) is 0 Å². The topological polar surface area (TPSA) is 17.8 Å². The van der Waals surface area contributed by atoms with Gasteiger partial charge in [0, 0.05) is 18.9 Å². The van der Waals surface area contributed by atoms with E-state index in [1.807, 2.05) is 0 Å². The maximum Gasteiger partial charge on any atom is 0.114 e. The molecule has 0 unspecified atom stereocenters. The maximum absolute atomic E-state index is 9.24. The highest BCUT2D eigenvalue weighted by atomic mass is 15.1. The van der Waals surface area contributed by atoms with Gasteiger partial charge in [0.05, 0.1) is 28.9 Å². The van der Waals surface area contributed by atoms with Gasteiger partial charge in [-0.15, -0.1) is 0 Å². The number of imidazole rings is 1. The van der Waals surface area contributed by atoms with Crippen molar-refractivity contribution in [1.29, 1.82) is 0 Å². The van der Waals surface area contributed by atoms with Crippen LogP contribution in [0.25, 0.3) is 71.6 Å². The SMILES string of the molecule is [2H]c1c([2H])c([2H])c(-c2c3c([2H])c([2H])c([2H])c([2H])c3c(-c3cccc(-c4cccc(-n5c(C([2H])([2H])C([2H])([2H])[2H])nc6ccccc65)c4)c3)c3c([2H])c([2H])c([2H])c([2H])c23)c([2H])c1[2H]. The molecule has 0 amide bonds. The van der Waals surface area contributed by atoms with E-state index in [4.69, 9.17) is 19.2 Å². The van der Waals surface area contributed by atoms with Crippen molar-refractivity contribution in [1.82, 2.24) is 9.55 Å². The van der Waals surface area contributed by atoms with Gasteiger partial charge in [0.1, 0.15) is 5.82 Å². The Morgan fingerprint density at radius 1 is 0.605 bits per heavy atom. The molecule has 0 N–H and O–H groups in total. The summed E-state index contributed by atoms with van der Waals surface area (Å²) >= 11 is 0. The lowest BCUT2D eigenvalue weighted by Gasteiger charge is -2.18. The molecule has 1 aromatic heterocycles. The second-order valence-electron chi connectivity index (χ2n) is 9.77. The molecule has 0 spiro atoms. The Morgan fingerprint density at radius 3 is 1.88 bits per heavy atom. The predicted molar refractivity (Wildman–Crippen MR) is 182 cm³/mol. The van der Waals surface area contributed by atoms with Crippen LogP contribution >= 0.6 is 0 Å². The first-order chi connectivity index (χ1) is 28.6. The number of para-hydroxylation sites is 2. The van der Waals surface area contributed by atoms with Gasteiger partial charge in [-0.05, 0) is 85.3 Å². The highest BCUT2D eigenvalue weighted by molar-refractivity contribution is 6.21. The Balaban J connectivity index is 1.49. The van der Waals surface area contributed by atoms with Gasteiger partial charge in [-0.25, -0.2) is 4.98 Å². The number of aromatic nitrogens is 2. The van der Waals surface area contributed by atoms with Gasteiger partial charge in [-0.3, -0.25) is 4.57 Å². The van der Waals surface area contributed by atoms with E-state index in [1.54, 1.807) is 72.8 Å². The zero-order valence-electron chi connectivity index (χ0n) is 40.3. The lowest BCUT2D eigenvalue weighted by atomic mass is 9.85. The quantitative estimate of drug-likeness (QED) is 0.189. The van der Waals surface area contributed by atoms with E-state index < -0.39 is 97.3 Å². The number of hydrogen-bond acceptors (Lipinski definition) is 1. The third-order valence-electron chi connectivity index (χ3n) is 7.39. The molecule has 1 heterocycles.